The van der Waals surface area contributed by atoms with E-state index in [2.05, 4.69) is 22.5 Å². The first-order chi connectivity index (χ1) is 6.54. The van der Waals surface area contributed by atoms with Gasteiger partial charge in [0.2, 0.25) is 0 Å². The summed E-state index contributed by atoms with van der Waals surface area (Å²) in [7, 11) is 0. The van der Waals surface area contributed by atoms with Crippen LogP contribution in [0.3, 0.4) is 0 Å². The molecule has 0 aliphatic carbocycles. The van der Waals surface area contributed by atoms with E-state index in [1.807, 2.05) is 19.1 Å². The first-order valence-electron chi connectivity index (χ1n) is 4.15. The van der Waals surface area contributed by atoms with Gasteiger partial charge in [-0.25, -0.2) is 0 Å². The summed E-state index contributed by atoms with van der Waals surface area (Å²) in [6.45, 7) is 6.94. The third-order valence-corrected chi connectivity index (χ3v) is 2.32. The van der Waals surface area contributed by atoms with E-state index in [1.54, 1.807) is 6.08 Å². The molecular weight excluding hydrogens is 244 g/mol. The molecule has 0 saturated heterocycles. The molecule has 0 aliphatic rings. The maximum atomic E-state index is 10.8. The molecule has 0 fully saturated rings. The zero-order chi connectivity index (χ0) is 10.7. The molecule has 3 heteroatoms. The Hall–Kier alpha value is -1.09. The normalized spacial score (nSPS) is 9.64. The lowest BCUT2D eigenvalue weighted by atomic mass is 10.1. The third kappa shape index (κ3) is 2.45. The van der Waals surface area contributed by atoms with E-state index in [1.165, 1.54) is 6.92 Å². The fourth-order valence-electron chi connectivity index (χ4n) is 1.15. The number of carbonyl (C=O) groups is 1. The second-order valence-electron chi connectivity index (χ2n) is 2.95. The number of rotatable bonds is 2. The van der Waals surface area contributed by atoms with Gasteiger partial charge >= 0.3 is 5.97 Å². The number of hydrogen-bond donors (Lipinski definition) is 0. The Kier molecular flexibility index (Phi) is 3.47. The minimum Gasteiger partial charge on any atom is -0.425 e. The Morgan fingerprint density at radius 3 is 2.64 bits per heavy atom. The molecule has 1 aromatic rings. The molecule has 0 bridgehead atoms. The number of aryl methyl sites for hydroxylation is 1. The fraction of sp³-hybridized carbons (Fsp3) is 0.182. The van der Waals surface area contributed by atoms with Crippen LogP contribution in [0.25, 0.3) is 6.08 Å². The topological polar surface area (TPSA) is 26.3 Å². The largest absolute Gasteiger partial charge is 0.425 e. The minimum absolute atomic E-state index is 0.319. The molecule has 0 aliphatic heterocycles. The molecule has 0 saturated carbocycles. The summed E-state index contributed by atoms with van der Waals surface area (Å²) < 4.78 is 5.82. The Bertz CT molecular complexity index is 360. The van der Waals surface area contributed by atoms with Gasteiger partial charge in [0.1, 0.15) is 5.75 Å². The van der Waals surface area contributed by atoms with Crippen LogP contribution in [0.5, 0.6) is 5.75 Å². The molecule has 0 spiro atoms. The van der Waals surface area contributed by atoms with Crippen LogP contribution in [-0.4, -0.2) is 5.97 Å². The maximum absolute atomic E-state index is 10.8. The monoisotopic (exact) mass is 254 g/mol. The smallest absolute Gasteiger partial charge is 0.308 e. The summed E-state index contributed by atoms with van der Waals surface area (Å²) in [6, 6.07) is 3.77. The van der Waals surface area contributed by atoms with Gasteiger partial charge in [-0.15, -0.1) is 0 Å². The predicted molar refractivity (Wildman–Crippen MR) is 60.3 cm³/mol. The van der Waals surface area contributed by atoms with Gasteiger partial charge in [-0.3, -0.25) is 4.79 Å². The zero-order valence-corrected chi connectivity index (χ0v) is 9.72. The van der Waals surface area contributed by atoms with Crippen molar-refractivity contribution in [2.24, 2.45) is 0 Å². The lowest BCUT2D eigenvalue weighted by Crippen LogP contribution is -2.03. The van der Waals surface area contributed by atoms with Crippen molar-refractivity contribution >= 4 is 28.0 Å². The number of esters is 1. The minimum atomic E-state index is -0.319. The van der Waals surface area contributed by atoms with Crippen LogP contribution in [-0.2, 0) is 4.79 Å². The average molecular weight is 255 g/mol. The first kappa shape index (κ1) is 11.0. The molecule has 0 unspecified atom stereocenters. The summed E-state index contributed by atoms with van der Waals surface area (Å²) in [5.74, 6) is 0.253. The van der Waals surface area contributed by atoms with Gasteiger partial charge in [0.05, 0.1) is 4.47 Å². The third-order valence-electron chi connectivity index (χ3n) is 1.73. The van der Waals surface area contributed by atoms with Gasteiger partial charge in [0.25, 0.3) is 0 Å². The van der Waals surface area contributed by atoms with Crippen LogP contribution < -0.4 is 4.74 Å². The van der Waals surface area contributed by atoms with Crippen molar-refractivity contribution in [3.8, 4) is 5.75 Å². The van der Waals surface area contributed by atoms with Crippen molar-refractivity contribution in [1.29, 1.82) is 0 Å². The van der Waals surface area contributed by atoms with E-state index in [0.717, 1.165) is 15.6 Å². The SMILES string of the molecule is C=Cc1cc(C)c(OC(C)=O)c(Br)c1. The highest BCUT2D eigenvalue weighted by molar-refractivity contribution is 9.10. The van der Waals surface area contributed by atoms with Crippen molar-refractivity contribution in [3.05, 3.63) is 34.3 Å². The van der Waals surface area contributed by atoms with Crippen LogP contribution in [0, 0.1) is 6.92 Å². The van der Waals surface area contributed by atoms with Gasteiger partial charge in [-0.1, -0.05) is 12.7 Å². The zero-order valence-electron chi connectivity index (χ0n) is 8.13. The molecule has 1 rings (SSSR count). The van der Waals surface area contributed by atoms with Crippen molar-refractivity contribution in [2.75, 3.05) is 0 Å². The molecule has 0 amide bonds. The molecule has 1 aromatic carbocycles. The fourth-order valence-corrected chi connectivity index (χ4v) is 1.81. The first-order valence-corrected chi connectivity index (χ1v) is 4.95. The van der Waals surface area contributed by atoms with Gasteiger partial charge in [0, 0.05) is 6.92 Å². The number of benzene rings is 1. The molecule has 74 valence electrons. The van der Waals surface area contributed by atoms with Gasteiger partial charge in [0.15, 0.2) is 0 Å². The lowest BCUT2D eigenvalue weighted by Gasteiger charge is -2.08. The second-order valence-corrected chi connectivity index (χ2v) is 3.80. The Morgan fingerprint density at radius 1 is 1.57 bits per heavy atom. The highest BCUT2D eigenvalue weighted by Crippen LogP contribution is 2.30. The summed E-state index contributed by atoms with van der Waals surface area (Å²) in [6.07, 6.45) is 1.75. The Morgan fingerprint density at radius 2 is 2.21 bits per heavy atom. The summed E-state index contributed by atoms with van der Waals surface area (Å²) >= 11 is 3.34. The van der Waals surface area contributed by atoms with Crippen LogP contribution in [0.1, 0.15) is 18.1 Å². The number of halogens is 1. The van der Waals surface area contributed by atoms with Crippen LogP contribution in [0.4, 0.5) is 0 Å². The van der Waals surface area contributed by atoms with Crippen LogP contribution >= 0.6 is 15.9 Å². The van der Waals surface area contributed by atoms with Crippen LogP contribution in [0.2, 0.25) is 0 Å². The number of ether oxygens (including phenoxy) is 1. The Labute approximate surface area is 91.7 Å². The molecule has 14 heavy (non-hydrogen) atoms. The van der Waals surface area contributed by atoms with Crippen LogP contribution in [0.15, 0.2) is 23.2 Å². The number of hydrogen-bond acceptors (Lipinski definition) is 2. The van der Waals surface area contributed by atoms with E-state index < -0.39 is 0 Å². The summed E-state index contributed by atoms with van der Waals surface area (Å²) in [5.41, 5.74) is 1.90. The van der Waals surface area contributed by atoms with E-state index in [-0.39, 0.29) is 5.97 Å². The van der Waals surface area contributed by atoms with Gasteiger partial charge < -0.3 is 4.74 Å². The standard InChI is InChI=1S/C11H11BrO2/c1-4-9-5-7(2)11(10(12)6-9)14-8(3)13/h4-6H,1H2,2-3H3. The highest BCUT2D eigenvalue weighted by atomic mass is 79.9. The summed E-state index contributed by atoms with van der Waals surface area (Å²) in [4.78, 5) is 10.8. The molecule has 0 aromatic heterocycles. The molecule has 0 atom stereocenters. The molecule has 0 radical (unpaired) electrons. The molecular formula is C11H11BrO2. The Balaban J connectivity index is 3.17. The predicted octanol–water partition coefficient (Wildman–Crippen LogP) is 3.33. The van der Waals surface area contributed by atoms with Crippen molar-refractivity contribution in [1.82, 2.24) is 0 Å². The van der Waals surface area contributed by atoms with Crippen molar-refractivity contribution in [3.63, 3.8) is 0 Å². The molecule has 2 nitrogen and oxygen atoms in total. The summed E-state index contributed by atoms with van der Waals surface area (Å²) in [5, 5.41) is 0. The quantitative estimate of drug-likeness (QED) is 0.598. The molecule has 0 heterocycles. The second kappa shape index (κ2) is 4.42. The van der Waals surface area contributed by atoms with Gasteiger partial charge in [-0.2, -0.15) is 0 Å². The average Bonchev–Trinajstić information content (AvgIpc) is 2.10. The number of carbonyl (C=O) groups excluding carboxylic acids is 1. The van der Waals surface area contributed by atoms with E-state index in [9.17, 15) is 4.79 Å². The van der Waals surface area contributed by atoms with E-state index >= 15 is 0 Å². The van der Waals surface area contributed by atoms with E-state index in [0.29, 0.717) is 5.75 Å². The molecule has 0 N–H and O–H groups in total. The highest BCUT2D eigenvalue weighted by Gasteiger charge is 2.08. The van der Waals surface area contributed by atoms with Gasteiger partial charge in [-0.05, 0) is 46.1 Å². The van der Waals surface area contributed by atoms with E-state index in [4.69, 9.17) is 4.74 Å². The van der Waals surface area contributed by atoms with Crippen molar-refractivity contribution < 1.29 is 9.53 Å². The maximum Gasteiger partial charge on any atom is 0.308 e. The van der Waals surface area contributed by atoms with Crippen molar-refractivity contribution in [2.45, 2.75) is 13.8 Å². The lowest BCUT2D eigenvalue weighted by molar-refractivity contribution is -0.131.